The van der Waals surface area contributed by atoms with Gasteiger partial charge in [0.15, 0.2) is 0 Å². The van der Waals surface area contributed by atoms with Crippen LogP contribution in [0.3, 0.4) is 0 Å². The number of anilines is 1. The molecule has 1 aromatic carbocycles. The Hall–Kier alpha value is -2.47. The van der Waals surface area contributed by atoms with Crippen LogP contribution in [0.2, 0.25) is 0 Å². The van der Waals surface area contributed by atoms with Crippen molar-refractivity contribution in [3.05, 3.63) is 48.0 Å². The number of aliphatic hydroxyl groups excluding tert-OH is 1. The number of aliphatic hydroxyl groups is 1. The molecule has 2 N–H and O–H groups in total. The Morgan fingerprint density at radius 2 is 2.17 bits per heavy atom. The normalized spacial score (nSPS) is 17.2. The Balaban J connectivity index is 1.68. The molecule has 0 saturated heterocycles. The molecular formula is C17H19N5O. The fourth-order valence-electron chi connectivity index (χ4n) is 3.34. The van der Waals surface area contributed by atoms with Crippen molar-refractivity contribution in [1.29, 1.82) is 0 Å². The van der Waals surface area contributed by atoms with Gasteiger partial charge in [0.2, 0.25) is 0 Å². The predicted molar refractivity (Wildman–Crippen MR) is 88.2 cm³/mol. The van der Waals surface area contributed by atoms with Crippen LogP contribution < -0.4 is 5.32 Å². The molecule has 2 heterocycles. The van der Waals surface area contributed by atoms with E-state index in [2.05, 4.69) is 20.4 Å². The number of nitrogens with one attached hydrogen (secondary N) is 1. The topological polar surface area (TPSA) is 75.9 Å². The minimum Gasteiger partial charge on any atom is -0.394 e. The summed E-state index contributed by atoms with van der Waals surface area (Å²) >= 11 is 0. The quantitative estimate of drug-likeness (QED) is 0.773. The number of benzene rings is 1. The summed E-state index contributed by atoms with van der Waals surface area (Å²) in [6.45, 7) is 0.668. The van der Waals surface area contributed by atoms with Crippen LogP contribution >= 0.6 is 0 Å². The zero-order valence-corrected chi connectivity index (χ0v) is 12.8. The van der Waals surface area contributed by atoms with Crippen LogP contribution in [-0.2, 0) is 13.0 Å². The molecule has 6 heteroatoms. The van der Waals surface area contributed by atoms with Crippen molar-refractivity contribution in [2.45, 2.75) is 31.8 Å². The lowest BCUT2D eigenvalue weighted by molar-refractivity contribution is 0.266. The number of para-hydroxylation sites is 1. The summed E-state index contributed by atoms with van der Waals surface area (Å²) in [6, 6.07) is 8.22. The average Bonchev–Trinajstić information content (AvgIpc) is 3.00. The minimum absolute atomic E-state index is 0.114. The first-order valence-corrected chi connectivity index (χ1v) is 7.98. The SMILES string of the molecule is OCCn1ncc2c1CCCC2Nc1ncnc2ccccc12. The van der Waals surface area contributed by atoms with Gasteiger partial charge >= 0.3 is 0 Å². The summed E-state index contributed by atoms with van der Waals surface area (Å²) in [5.41, 5.74) is 3.38. The van der Waals surface area contributed by atoms with Gasteiger partial charge in [-0.1, -0.05) is 12.1 Å². The molecule has 1 atom stereocenters. The van der Waals surface area contributed by atoms with E-state index in [0.29, 0.717) is 6.54 Å². The van der Waals surface area contributed by atoms with E-state index < -0.39 is 0 Å². The van der Waals surface area contributed by atoms with E-state index in [0.717, 1.165) is 36.0 Å². The van der Waals surface area contributed by atoms with Crippen molar-refractivity contribution < 1.29 is 5.11 Å². The molecule has 4 rings (SSSR count). The van der Waals surface area contributed by atoms with Gasteiger partial charge < -0.3 is 10.4 Å². The predicted octanol–water partition coefficient (Wildman–Crippen LogP) is 2.31. The molecule has 0 fully saturated rings. The molecule has 1 unspecified atom stereocenters. The fraction of sp³-hybridized carbons (Fsp3) is 0.353. The van der Waals surface area contributed by atoms with Crippen LogP contribution in [0.15, 0.2) is 36.8 Å². The zero-order chi connectivity index (χ0) is 15.6. The van der Waals surface area contributed by atoms with Crippen molar-refractivity contribution >= 4 is 16.7 Å². The van der Waals surface area contributed by atoms with Gasteiger partial charge in [-0.2, -0.15) is 5.10 Å². The van der Waals surface area contributed by atoms with E-state index in [4.69, 9.17) is 5.11 Å². The lowest BCUT2D eigenvalue weighted by Crippen LogP contribution is -2.19. The summed E-state index contributed by atoms with van der Waals surface area (Å²) < 4.78 is 1.92. The minimum atomic E-state index is 0.114. The Kier molecular flexibility index (Phi) is 3.67. The maximum absolute atomic E-state index is 9.17. The highest BCUT2D eigenvalue weighted by molar-refractivity contribution is 5.88. The smallest absolute Gasteiger partial charge is 0.137 e. The standard InChI is InChI=1S/C17H19N5O/c23-9-8-22-16-7-3-6-15(13(16)10-20-22)21-17-12-4-1-2-5-14(12)18-11-19-17/h1-2,4-5,10-11,15,23H,3,6-9H2,(H,18,19,21). The number of rotatable bonds is 4. The van der Waals surface area contributed by atoms with Crippen LogP contribution in [0, 0.1) is 0 Å². The fourth-order valence-corrected chi connectivity index (χ4v) is 3.34. The molecule has 0 aliphatic heterocycles. The van der Waals surface area contributed by atoms with Gasteiger partial charge in [-0.3, -0.25) is 4.68 Å². The van der Waals surface area contributed by atoms with E-state index in [1.54, 1.807) is 6.33 Å². The van der Waals surface area contributed by atoms with Crippen LogP contribution in [0.5, 0.6) is 0 Å². The van der Waals surface area contributed by atoms with Gasteiger partial charge in [0.25, 0.3) is 0 Å². The lowest BCUT2D eigenvalue weighted by Gasteiger charge is -2.25. The zero-order valence-electron chi connectivity index (χ0n) is 12.8. The summed E-state index contributed by atoms with van der Waals surface area (Å²) in [5.74, 6) is 0.864. The largest absolute Gasteiger partial charge is 0.394 e. The highest BCUT2D eigenvalue weighted by Gasteiger charge is 2.24. The van der Waals surface area contributed by atoms with Crippen LogP contribution in [0.4, 0.5) is 5.82 Å². The number of aromatic nitrogens is 4. The van der Waals surface area contributed by atoms with E-state index >= 15 is 0 Å². The summed E-state index contributed by atoms with van der Waals surface area (Å²) in [7, 11) is 0. The molecule has 0 spiro atoms. The van der Waals surface area contributed by atoms with Gasteiger partial charge in [-0.25, -0.2) is 9.97 Å². The molecule has 1 aliphatic rings. The van der Waals surface area contributed by atoms with Crippen LogP contribution in [-0.4, -0.2) is 31.5 Å². The lowest BCUT2D eigenvalue weighted by atomic mass is 9.93. The van der Waals surface area contributed by atoms with Gasteiger partial charge in [0.1, 0.15) is 12.1 Å². The molecule has 0 saturated carbocycles. The van der Waals surface area contributed by atoms with Crippen molar-refractivity contribution in [2.24, 2.45) is 0 Å². The number of nitrogens with zero attached hydrogens (tertiary/aromatic N) is 4. The third-order valence-electron chi connectivity index (χ3n) is 4.43. The number of hydrogen-bond acceptors (Lipinski definition) is 5. The molecule has 0 bridgehead atoms. The van der Waals surface area contributed by atoms with E-state index in [9.17, 15) is 0 Å². The molecule has 118 valence electrons. The summed E-state index contributed by atoms with van der Waals surface area (Å²) in [5, 5.41) is 18.2. The third-order valence-corrected chi connectivity index (χ3v) is 4.43. The highest BCUT2D eigenvalue weighted by atomic mass is 16.3. The highest BCUT2D eigenvalue weighted by Crippen LogP contribution is 2.33. The van der Waals surface area contributed by atoms with E-state index in [-0.39, 0.29) is 12.6 Å². The molecule has 0 amide bonds. The van der Waals surface area contributed by atoms with Gasteiger partial charge in [0, 0.05) is 16.6 Å². The Morgan fingerprint density at radius 1 is 1.26 bits per heavy atom. The maximum atomic E-state index is 9.17. The Bertz CT molecular complexity index is 823. The second-order valence-electron chi connectivity index (χ2n) is 5.82. The second kappa shape index (κ2) is 5.96. The third kappa shape index (κ3) is 2.55. The van der Waals surface area contributed by atoms with Crippen molar-refractivity contribution in [3.8, 4) is 0 Å². The molecule has 23 heavy (non-hydrogen) atoms. The monoisotopic (exact) mass is 309 g/mol. The molecule has 1 aliphatic carbocycles. The molecule has 6 nitrogen and oxygen atoms in total. The summed E-state index contributed by atoms with van der Waals surface area (Å²) in [4.78, 5) is 8.74. The second-order valence-corrected chi connectivity index (χ2v) is 5.82. The molecular weight excluding hydrogens is 290 g/mol. The first-order valence-electron chi connectivity index (χ1n) is 7.98. The molecule has 2 aromatic heterocycles. The number of fused-ring (bicyclic) bond motifs is 2. The first kappa shape index (κ1) is 14.1. The number of hydrogen-bond donors (Lipinski definition) is 2. The van der Waals surface area contributed by atoms with Crippen molar-refractivity contribution in [2.75, 3.05) is 11.9 Å². The van der Waals surface area contributed by atoms with E-state index in [1.807, 2.05) is 35.1 Å². The summed E-state index contributed by atoms with van der Waals surface area (Å²) in [6.07, 6.45) is 6.69. The Labute approximate surface area is 134 Å². The average molecular weight is 309 g/mol. The first-order chi connectivity index (χ1) is 11.4. The van der Waals surface area contributed by atoms with Gasteiger partial charge in [-0.15, -0.1) is 0 Å². The van der Waals surface area contributed by atoms with Crippen LogP contribution in [0.1, 0.15) is 30.1 Å². The van der Waals surface area contributed by atoms with Gasteiger partial charge in [-0.05, 0) is 31.4 Å². The van der Waals surface area contributed by atoms with Crippen LogP contribution in [0.25, 0.3) is 10.9 Å². The van der Waals surface area contributed by atoms with E-state index in [1.165, 1.54) is 11.3 Å². The molecule has 0 radical (unpaired) electrons. The van der Waals surface area contributed by atoms with Crippen molar-refractivity contribution in [3.63, 3.8) is 0 Å². The van der Waals surface area contributed by atoms with Gasteiger partial charge in [0.05, 0.1) is 30.9 Å². The van der Waals surface area contributed by atoms with Crippen molar-refractivity contribution in [1.82, 2.24) is 19.7 Å². The Morgan fingerprint density at radius 3 is 3.09 bits per heavy atom. The molecule has 3 aromatic rings. The maximum Gasteiger partial charge on any atom is 0.137 e.